The maximum absolute atomic E-state index is 11.9. The zero-order valence-electron chi connectivity index (χ0n) is 14.7. The van der Waals surface area contributed by atoms with Crippen LogP contribution in [0, 0.1) is 5.92 Å². The van der Waals surface area contributed by atoms with Crippen molar-refractivity contribution in [2.24, 2.45) is 11.7 Å². The minimum Gasteiger partial charge on any atom is -0.358 e. The minimum atomic E-state index is -0.909. The van der Waals surface area contributed by atoms with Crippen molar-refractivity contribution in [3.63, 3.8) is 0 Å². The van der Waals surface area contributed by atoms with Crippen LogP contribution in [-0.2, 0) is 16.1 Å². The molecule has 2 aliphatic heterocycles. The standard InChI is InChI=1S/C18H26N4O3/c1-18(2,19)16(23)20-10-11-5-3-6-12(9-11)14-13-7-4-8-25-15(13)22-17(24)21-14/h3,5-6,9,13-15H,4,7-8,10,19H2,1-2H3,(H,20,23)(H2,21,22,24)/t13-,14-,15-/m0/s1. The lowest BCUT2D eigenvalue weighted by Gasteiger charge is -2.42. The molecule has 25 heavy (non-hydrogen) atoms. The Morgan fingerprint density at radius 1 is 1.40 bits per heavy atom. The number of ether oxygens (including phenoxy) is 1. The third-order valence-corrected chi connectivity index (χ3v) is 4.70. The largest absolute Gasteiger partial charge is 0.358 e. The Balaban J connectivity index is 1.74. The summed E-state index contributed by atoms with van der Waals surface area (Å²) in [5.74, 6) is -0.00640. The average molecular weight is 346 g/mol. The molecule has 0 saturated carbocycles. The number of hydrogen-bond acceptors (Lipinski definition) is 4. The van der Waals surface area contributed by atoms with Crippen LogP contribution >= 0.6 is 0 Å². The molecule has 0 aliphatic carbocycles. The van der Waals surface area contributed by atoms with E-state index in [1.807, 2.05) is 24.3 Å². The monoisotopic (exact) mass is 346 g/mol. The number of benzene rings is 1. The molecule has 0 aromatic heterocycles. The maximum Gasteiger partial charge on any atom is 0.317 e. The van der Waals surface area contributed by atoms with Gasteiger partial charge in [0.15, 0.2) is 0 Å². The summed E-state index contributed by atoms with van der Waals surface area (Å²) in [5, 5.41) is 8.70. The summed E-state index contributed by atoms with van der Waals surface area (Å²) < 4.78 is 5.71. The highest BCUT2D eigenvalue weighted by molar-refractivity contribution is 5.85. The molecule has 7 nitrogen and oxygen atoms in total. The number of rotatable bonds is 4. The van der Waals surface area contributed by atoms with Crippen molar-refractivity contribution in [3.8, 4) is 0 Å². The molecule has 2 fully saturated rings. The molecular weight excluding hydrogens is 320 g/mol. The first-order chi connectivity index (χ1) is 11.8. The number of nitrogens with two attached hydrogens (primary N) is 1. The van der Waals surface area contributed by atoms with E-state index in [2.05, 4.69) is 16.0 Å². The molecule has 3 rings (SSSR count). The van der Waals surface area contributed by atoms with Gasteiger partial charge in [0.1, 0.15) is 6.23 Å². The molecule has 0 unspecified atom stereocenters. The molecule has 3 amide bonds. The summed E-state index contributed by atoms with van der Waals surface area (Å²) in [6, 6.07) is 7.60. The summed E-state index contributed by atoms with van der Waals surface area (Å²) in [6.45, 7) is 4.42. The Morgan fingerprint density at radius 3 is 2.96 bits per heavy atom. The van der Waals surface area contributed by atoms with Crippen LogP contribution in [-0.4, -0.2) is 30.3 Å². The fourth-order valence-electron chi connectivity index (χ4n) is 3.35. The Hall–Kier alpha value is -2.12. The number of carbonyl (C=O) groups excluding carboxylic acids is 2. The van der Waals surface area contributed by atoms with E-state index in [-0.39, 0.29) is 30.1 Å². The highest BCUT2D eigenvalue weighted by Crippen LogP contribution is 2.34. The van der Waals surface area contributed by atoms with Crippen LogP contribution in [0.5, 0.6) is 0 Å². The van der Waals surface area contributed by atoms with Gasteiger partial charge < -0.3 is 26.4 Å². The second-order valence-electron chi connectivity index (χ2n) is 7.34. The van der Waals surface area contributed by atoms with E-state index in [0.717, 1.165) is 24.0 Å². The SMILES string of the molecule is CC(C)(N)C(=O)NCc1cccc([C@@H]2NC(=O)N[C@H]3OCCC[C@H]32)c1. The number of urea groups is 1. The van der Waals surface area contributed by atoms with Crippen LogP contribution in [0.1, 0.15) is 43.9 Å². The number of nitrogens with one attached hydrogen (secondary N) is 3. The van der Waals surface area contributed by atoms with Gasteiger partial charge in [0.25, 0.3) is 0 Å². The van der Waals surface area contributed by atoms with Gasteiger partial charge in [-0.15, -0.1) is 0 Å². The van der Waals surface area contributed by atoms with E-state index >= 15 is 0 Å². The summed E-state index contributed by atoms with van der Waals surface area (Å²) in [4.78, 5) is 23.9. The van der Waals surface area contributed by atoms with E-state index in [1.54, 1.807) is 13.8 Å². The van der Waals surface area contributed by atoms with Crippen molar-refractivity contribution in [1.29, 1.82) is 0 Å². The molecule has 2 heterocycles. The molecule has 5 N–H and O–H groups in total. The molecule has 2 saturated heterocycles. The van der Waals surface area contributed by atoms with Crippen LogP contribution in [0.25, 0.3) is 0 Å². The first kappa shape index (κ1) is 17.7. The lowest BCUT2D eigenvalue weighted by Crippen LogP contribution is -2.58. The fourth-order valence-corrected chi connectivity index (χ4v) is 3.35. The summed E-state index contributed by atoms with van der Waals surface area (Å²) in [6.07, 6.45) is 1.73. The fraction of sp³-hybridized carbons (Fsp3) is 0.556. The topological polar surface area (TPSA) is 105 Å². The van der Waals surface area contributed by atoms with Crippen LogP contribution in [0.4, 0.5) is 4.79 Å². The normalized spacial score (nSPS) is 26.2. The van der Waals surface area contributed by atoms with Gasteiger partial charge in [-0.25, -0.2) is 4.79 Å². The van der Waals surface area contributed by atoms with Crippen molar-refractivity contribution in [3.05, 3.63) is 35.4 Å². The highest BCUT2D eigenvalue weighted by atomic mass is 16.5. The van der Waals surface area contributed by atoms with Crippen molar-refractivity contribution < 1.29 is 14.3 Å². The molecule has 1 aromatic rings. The third-order valence-electron chi connectivity index (χ3n) is 4.70. The van der Waals surface area contributed by atoms with Gasteiger partial charge in [-0.05, 0) is 37.8 Å². The van der Waals surface area contributed by atoms with Crippen molar-refractivity contribution >= 4 is 11.9 Å². The lowest BCUT2D eigenvalue weighted by molar-refractivity contribution is -0.125. The van der Waals surface area contributed by atoms with E-state index in [0.29, 0.717) is 13.2 Å². The molecule has 2 aliphatic rings. The number of carbonyl (C=O) groups is 2. The second-order valence-corrected chi connectivity index (χ2v) is 7.34. The van der Waals surface area contributed by atoms with E-state index in [9.17, 15) is 9.59 Å². The molecule has 136 valence electrons. The first-order valence-corrected chi connectivity index (χ1v) is 8.69. The summed E-state index contributed by atoms with van der Waals surface area (Å²) in [5.41, 5.74) is 6.88. The molecule has 0 bridgehead atoms. The lowest BCUT2D eigenvalue weighted by atomic mass is 9.84. The Kier molecular flexibility index (Phi) is 4.96. The van der Waals surface area contributed by atoms with E-state index < -0.39 is 5.54 Å². The van der Waals surface area contributed by atoms with Gasteiger partial charge in [-0.2, -0.15) is 0 Å². The Bertz CT molecular complexity index is 656. The van der Waals surface area contributed by atoms with Gasteiger partial charge in [0.2, 0.25) is 5.91 Å². The predicted octanol–water partition coefficient (Wildman–Crippen LogP) is 1.15. The Labute approximate surface area is 147 Å². The second kappa shape index (κ2) is 7.01. The number of hydrogen-bond donors (Lipinski definition) is 4. The van der Waals surface area contributed by atoms with Gasteiger partial charge in [-0.1, -0.05) is 24.3 Å². The molecule has 3 atom stereocenters. The third kappa shape index (κ3) is 4.11. The van der Waals surface area contributed by atoms with Crippen molar-refractivity contribution in [2.45, 2.75) is 51.0 Å². The average Bonchev–Trinajstić information content (AvgIpc) is 2.58. The van der Waals surface area contributed by atoms with Crippen molar-refractivity contribution in [2.75, 3.05) is 6.61 Å². The Morgan fingerprint density at radius 2 is 2.20 bits per heavy atom. The molecule has 1 aromatic carbocycles. The molecular formula is C18H26N4O3. The highest BCUT2D eigenvalue weighted by Gasteiger charge is 2.39. The molecule has 0 spiro atoms. The zero-order chi connectivity index (χ0) is 18.0. The van der Waals surface area contributed by atoms with Gasteiger partial charge in [0.05, 0.1) is 11.6 Å². The smallest absolute Gasteiger partial charge is 0.317 e. The number of fused-ring (bicyclic) bond motifs is 1. The summed E-state index contributed by atoms with van der Waals surface area (Å²) in [7, 11) is 0. The number of amides is 3. The van der Waals surface area contributed by atoms with Gasteiger partial charge >= 0.3 is 6.03 Å². The summed E-state index contributed by atoms with van der Waals surface area (Å²) >= 11 is 0. The van der Waals surface area contributed by atoms with E-state index in [4.69, 9.17) is 10.5 Å². The van der Waals surface area contributed by atoms with Crippen molar-refractivity contribution in [1.82, 2.24) is 16.0 Å². The maximum atomic E-state index is 11.9. The van der Waals surface area contributed by atoms with Crippen LogP contribution in [0.3, 0.4) is 0 Å². The minimum absolute atomic E-state index is 0.0966. The van der Waals surface area contributed by atoms with Gasteiger partial charge in [-0.3, -0.25) is 4.79 Å². The molecule has 0 radical (unpaired) electrons. The van der Waals surface area contributed by atoms with Gasteiger partial charge in [0, 0.05) is 19.1 Å². The first-order valence-electron chi connectivity index (χ1n) is 8.69. The predicted molar refractivity (Wildman–Crippen MR) is 93.4 cm³/mol. The molecule has 7 heteroatoms. The quantitative estimate of drug-likeness (QED) is 0.656. The van der Waals surface area contributed by atoms with Crippen LogP contribution < -0.4 is 21.7 Å². The van der Waals surface area contributed by atoms with Crippen LogP contribution in [0.15, 0.2) is 24.3 Å². The van der Waals surface area contributed by atoms with Crippen LogP contribution in [0.2, 0.25) is 0 Å². The van der Waals surface area contributed by atoms with E-state index in [1.165, 1.54) is 0 Å². The zero-order valence-corrected chi connectivity index (χ0v) is 14.7.